The van der Waals surface area contributed by atoms with E-state index in [1.165, 1.54) is 11.1 Å². The van der Waals surface area contributed by atoms with Gasteiger partial charge in [0.1, 0.15) is 0 Å². The molecule has 0 aliphatic rings. The summed E-state index contributed by atoms with van der Waals surface area (Å²) in [6, 6.07) is 16.2. The molecule has 116 valence electrons. The van der Waals surface area contributed by atoms with Crippen molar-refractivity contribution in [3.05, 3.63) is 64.1 Å². The average Bonchev–Trinajstić information content (AvgIpc) is 2.49. The Balaban J connectivity index is 1.84. The Kier molecular flexibility index (Phi) is 6.52. The molecule has 0 saturated heterocycles. The highest BCUT2D eigenvalue weighted by atomic mass is 79.9. The van der Waals surface area contributed by atoms with E-state index < -0.39 is 0 Å². The summed E-state index contributed by atoms with van der Waals surface area (Å²) >= 11 is 5.05. The summed E-state index contributed by atoms with van der Waals surface area (Å²) in [4.78, 5) is 12.1. The number of carbonyl (C=O) groups excluding carboxylic acids is 1. The molecule has 0 saturated carbocycles. The lowest BCUT2D eigenvalue weighted by Gasteiger charge is -2.13. The van der Waals surface area contributed by atoms with Crippen LogP contribution in [0, 0.1) is 0 Å². The van der Waals surface area contributed by atoms with Gasteiger partial charge >= 0.3 is 0 Å². The molecule has 22 heavy (non-hydrogen) atoms. The van der Waals surface area contributed by atoms with Crippen LogP contribution in [0.5, 0.6) is 0 Å². The molecule has 0 radical (unpaired) electrons. The number of hydrogen-bond donors (Lipinski definition) is 1. The van der Waals surface area contributed by atoms with E-state index in [0.717, 1.165) is 15.9 Å². The minimum absolute atomic E-state index is 0.0511. The molecule has 0 atom stereocenters. The van der Waals surface area contributed by atoms with Crippen LogP contribution in [0.4, 0.5) is 5.69 Å². The van der Waals surface area contributed by atoms with Gasteiger partial charge < -0.3 is 5.32 Å². The van der Waals surface area contributed by atoms with Crippen molar-refractivity contribution in [1.82, 2.24) is 0 Å². The van der Waals surface area contributed by atoms with Crippen molar-refractivity contribution >= 4 is 39.3 Å². The van der Waals surface area contributed by atoms with E-state index in [1.54, 1.807) is 11.8 Å². The molecule has 0 fully saturated rings. The number of rotatable bonds is 6. The van der Waals surface area contributed by atoms with E-state index >= 15 is 0 Å². The molecule has 0 unspecified atom stereocenters. The maximum Gasteiger partial charge on any atom is 0.234 e. The summed E-state index contributed by atoms with van der Waals surface area (Å²) in [5, 5.41) is 3.02. The SMILES string of the molecule is CC(C)c1ccccc1NC(=O)CSCc1ccc(Br)cc1. The number of para-hydroxylation sites is 1. The topological polar surface area (TPSA) is 29.1 Å². The molecule has 2 aromatic rings. The normalized spacial score (nSPS) is 10.7. The third-order valence-corrected chi connectivity index (χ3v) is 4.80. The molecule has 2 aromatic carbocycles. The van der Waals surface area contributed by atoms with E-state index in [1.807, 2.05) is 30.3 Å². The second-order valence-electron chi connectivity index (χ2n) is 5.41. The van der Waals surface area contributed by atoms with Crippen LogP contribution < -0.4 is 5.32 Å². The maximum absolute atomic E-state index is 12.1. The van der Waals surface area contributed by atoms with Crippen molar-refractivity contribution in [1.29, 1.82) is 0 Å². The van der Waals surface area contributed by atoms with Crippen molar-refractivity contribution in [3.63, 3.8) is 0 Å². The van der Waals surface area contributed by atoms with Crippen molar-refractivity contribution in [2.45, 2.75) is 25.5 Å². The zero-order valence-corrected chi connectivity index (χ0v) is 15.2. The van der Waals surface area contributed by atoms with Crippen LogP contribution in [0.2, 0.25) is 0 Å². The number of carbonyl (C=O) groups is 1. The molecule has 1 N–H and O–H groups in total. The number of amides is 1. The third-order valence-electron chi connectivity index (χ3n) is 3.27. The van der Waals surface area contributed by atoms with Gasteiger partial charge in [0, 0.05) is 15.9 Å². The lowest BCUT2D eigenvalue weighted by molar-refractivity contribution is -0.113. The highest BCUT2D eigenvalue weighted by Gasteiger charge is 2.09. The molecule has 0 spiro atoms. The maximum atomic E-state index is 12.1. The molecule has 2 rings (SSSR count). The summed E-state index contributed by atoms with van der Waals surface area (Å²) in [5.41, 5.74) is 3.32. The minimum Gasteiger partial charge on any atom is -0.325 e. The Morgan fingerprint density at radius 3 is 2.50 bits per heavy atom. The predicted molar refractivity (Wildman–Crippen MR) is 99.5 cm³/mol. The summed E-state index contributed by atoms with van der Waals surface area (Å²) in [5.74, 6) is 1.75. The summed E-state index contributed by atoms with van der Waals surface area (Å²) in [7, 11) is 0. The molecule has 0 aromatic heterocycles. The van der Waals surface area contributed by atoms with Gasteiger partial charge in [0.2, 0.25) is 5.91 Å². The van der Waals surface area contributed by atoms with E-state index in [9.17, 15) is 4.79 Å². The second-order valence-corrected chi connectivity index (χ2v) is 7.31. The average molecular weight is 378 g/mol. The fourth-order valence-corrected chi connectivity index (χ4v) is 3.19. The zero-order chi connectivity index (χ0) is 15.9. The van der Waals surface area contributed by atoms with E-state index in [-0.39, 0.29) is 5.91 Å². The first-order chi connectivity index (χ1) is 10.6. The Labute approximate surface area is 144 Å². The highest BCUT2D eigenvalue weighted by Crippen LogP contribution is 2.24. The lowest BCUT2D eigenvalue weighted by Crippen LogP contribution is -2.15. The molecule has 0 aliphatic heterocycles. The standard InChI is InChI=1S/C18H20BrNOS/c1-13(2)16-5-3-4-6-17(16)20-18(21)12-22-11-14-7-9-15(19)10-8-14/h3-10,13H,11-12H2,1-2H3,(H,20,21). The first-order valence-electron chi connectivity index (χ1n) is 7.27. The Morgan fingerprint density at radius 2 is 1.82 bits per heavy atom. The summed E-state index contributed by atoms with van der Waals surface area (Å²) in [6.45, 7) is 4.26. The number of halogens is 1. The summed E-state index contributed by atoms with van der Waals surface area (Å²) in [6.07, 6.45) is 0. The van der Waals surface area contributed by atoms with Gasteiger partial charge in [-0.05, 0) is 35.2 Å². The van der Waals surface area contributed by atoms with Gasteiger partial charge in [-0.25, -0.2) is 0 Å². The summed E-state index contributed by atoms with van der Waals surface area (Å²) < 4.78 is 1.07. The van der Waals surface area contributed by atoms with Crippen LogP contribution >= 0.6 is 27.7 Å². The second kappa shape index (κ2) is 8.39. The van der Waals surface area contributed by atoms with Gasteiger partial charge in [-0.1, -0.05) is 60.1 Å². The monoisotopic (exact) mass is 377 g/mol. The quantitative estimate of drug-likeness (QED) is 0.725. The van der Waals surface area contributed by atoms with Gasteiger partial charge in [-0.2, -0.15) is 0 Å². The van der Waals surface area contributed by atoms with E-state index in [2.05, 4.69) is 53.3 Å². The predicted octanol–water partition coefficient (Wildman–Crippen LogP) is 5.44. The first kappa shape index (κ1) is 17.1. The molecular formula is C18H20BrNOS. The van der Waals surface area contributed by atoms with Crippen LogP contribution in [-0.4, -0.2) is 11.7 Å². The molecule has 4 heteroatoms. The number of benzene rings is 2. The van der Waals surface area contributed by atoms with Gasteiger partial charge in [-0.15, -0.1) is 11.8 Å². The van der Waals surface area contributed by atoms with Crippen LogP contribution in [0.1, 0.15) is 30.9 Å². The molecule has 0 bridgehead atoms. The van der Waals surface area contributed by atoms with E-state index in [0.29, 0.717) is 11.7 Å². The van der Waals surface area contributed by atoms with Crippen LogP contribution in [0.15, 0.2) is 53.0 Å². The largest absolute Gasteiger partial charge is 0.325 e. The molecule has 2 nitrogen and oxygen atoms in total. The van der Waals surface area contributed by atoms with E-state index in [4.69, 9.17) is 0 Å². The van der Waals surface area contributed by atoms with Gasteiger partial charge in [0.25, 0.3) is 0 Å². The first-order valence-corrected chi connectivity index (χ1v) is 9.22. The number of thioether (sulfide) groups is 1. The van der Waals surface area contributed by atoms with Crippen molar-refractivity contribution in [2.75, 3.05) is 11.1 Å². The van der Waals surface area contributed by atoms with Gasteiger partial charge in [0.05, 0.1) is 5.75 Å². The Hall–Kier alpha value is -1.26. The Bertz CT molecular complexity index is 625. The van der Waals surface area contributed by atoms with Crippen molar-refractivity contribution in [3.8, 4) is 0 Å². The van der Waals surface area contributed by atoms with Gasteiger partial charge in [-0.3, -0.25) is 4.79 Å². The Morgan fingerprint density at radius 1 is 1.14 bits per heavy atom. The van der Waals surface area contributed by atoms with Gasteiger partial charge in [0.15, 0.2) is 0 Å². The van der Waals surface area contributed by atoms with Crippen LogP contribution in [-0.2, 0) is 10.5 Å². The molecule has 0 aliphatic carbocycles. The number of anilines is 1. The van der Waals surface area contributed by atoms with Crippen molar-refractivity contribution in [2.24, 2.45) is 0 Å². The smallest absolute Gasteiger partial charge is 0.234 e. The van der Waals surface area contributed by atoms with Crippen LogP contribution in [0.3, 0.4) is 0 Å². The number of nitrogens with one attached hydrogen (secondary N) is 1. The molecular weight excluding hydrogens is 358 g/mol. The fourth-order valence-electron chi connectivity index (χ4n) is 2.14. The molecule has 0 heterocycles. The zero-order valence-electron chi connectivity index (χ0n) is 12.8. The molecule has 1 amide bonds. The van der Waals surface area contributed by atoms with Crippen LogP contribution in [0.25, 0.3) is 0 Å². The lowest BCUT2D eigenvalue weighted by atomic mass is 10.0. The minimum atomic E-state index is 0.0511. The fraction of sp³-hybridized carbons (Fsp3) is 0.278. The highest BCUT2D eigenvalue weighted by molar-refractivity contribution is 9.10. The number of hydrogen-bond acceptors (Lipinski definition) is 2. The third kappa shape index (κ3) is 5.18. The van der Waals surface area contributed by atoms with Crippen molar-refractivity contribution < 1.29 is 4.79 Å².